The maximum Gasteiger partial charge on any atom is 0.319 e. The molecule has 0 saturated carbocycles. The molecule has 0 aliphatic heterocycles. The first-order valence-corrected chi connectivity index (χ1v) is 7.04. The third-order valence-corrected chi connectivity index (χ3v) is 3.94. The quantitative estimate of drug-likeness (QED) is 0.558. The van der Waals surface area contributed by atoms with Crippen molar-refractivity contribution in [1.82, 2.24) is 4.98 Å². The maximum atomic E-state index is 13.1. The Balaban J connectivity index is 2.09. The largest absolute Gasteiger partial charge is 0.350 e. The third-order valence-electron chi connectivity index (χ3n) is 2.86. The molecule has 0 saturated heterocycles. The minimum Gasteiger partial charge on any atom is -0.350 e. The molecule has 106 valence electrons. The van der Waals surface area contributed by atoms with Crippen LogP contribution in [0, 0.1) is 15.9 Å². The molecule has 1 aromatic heterocycles. The van der Waals surface area contributed by atoms with Crippen LogP contribution in [-0.2, 0) is 0 Å². The zero-order valence-corrected chi connectivity index (χ0v) is 11.9. The van der Waals surface area contributed by atoms with Crippen molar-refractivity contribution >= 4 is 50.2 Å². The maximum absolute atomic E-state index is 13.1. The topological polar surface area (TPSA) is 68.1 Å². The minimum absolute atomic E-state index is 0.0580. The molecule has 3 rings (SSSR count). The second kappa shape index (κ2) is 5.27. The van der Waals surface area contributed by atoms with Gasteiger partial charge in [-0.25, -0.2) is 9.37 Å². The van der Waals surface area contributed by atoms with Gasteiger partial charge in [0.15, 0.2) is 5.52 Å². The van der Waals surface area contributed by atoms with Gasteiger partial charge in [0.1, 0.15) is 11.5 Å². The molecule has 0 unspecified atom stereocenters. The number of hydrogen-bond acceptors (Lipinski definition) is 5. The van der Waals surface area contributed by atoms with Gasteiger partial charge in [0.25, 0.3) is 0 Å². The fraction of sp³-hybridized carbons (Fsp3) is 0. The van der Waals surface area contributed by atoms with Crippen molar-refractivity contribution in [1.29, 1.82) is 0 Å². The number of anilines is 2. The molecule has 1 heterocycles. The first-order valence-electron chi connectivity index (χ1n) is 5.79. The zero-order chi connectivity index (χ0) is 15.0. The number of fused-ring (bicyclic) bond motifs is 1. The highest BCUT2D eigenvalue weighted by Crippen LogP contribution is 2.36. The molecule has 8 heteroatoms. The number of aromatic nitrogens is 1. The van der Waals surface area contributed by atoms with Crippen molar-refractivity contribution in [2.45, 2.75) is 0 Å². The normalized spacial score (nSPS) is 10.8. The SMILES string of the molecule is O=[N+]([O-])c1c(Nc2ccc(F)c(Cl)c2)ccc2scnc12. The van der Waals surface area contributed by atoms with Gasteiger partial charge in [-0.05, 0) is 30.3 Å². The van der Waals surface area contributed by atoms with E-state index in [-0.39, 0.29) is 16.4 Å². The molecule has 5 nitrogen and oxygen atoms in total. The van der Waals surface area contributed by atoms with E-state index in [1.807, 2.05) is 0 Å². The Morgan fingerprint density at radius 1 is 1.33 bits per heavy atom. The third kappa shape index (κ3) is 2.53. The highest BCUT2D eigenvalue weighted by atomic mass is 35.5. The number of nitrogens with one attached hydrogen (secondary N) is 1. The number of halogens is 2. The first-order chi connectivity index (χ1) is 10.1. The van der Waals surface area contributed by atoms with E-state index in [1.54, 1.807) is 17.6 Å². The molecule has 0 fully saturated rings. The van der Waals surface area contributed by atoms with Gasteiger partial charge in [-0.15, -0.1) is 11.3 Å². The van der Waals surface area contributed by atoms with E-state index in [0.717, 1.165) is 4.70 Å². The summed E-state index contributed by atoms with van der Waals surface area (Å²) in [5, 5.41) is 14.1. The summed E-state index contributed by atoms with van der Waals surface area (Å²) in [6, 6.07) is 7.35. The van der Waals surface area contributed by atoms with Gasteiger partial charge in [-0.1, -0.05) is 11.6 Å². The van der Waals surface area contributed by atoms with E-state index in [9.17, 15) is 14.5 Å². The highest BCUT2D eigenvalue weighted by molar-refractivity contribution is 7.16. The van der Waals surface area contributed by atoms with Crippen LogP contribution in [-0.4, -0.2) is 9.91 Å². The molecule has 3 aromatic rings. The van der Waals surface area contributed by atoms with Crippen LogP contribution in [0.15, 0.2) is 35.8 Å². The van der Waals surface area contributed by atoms with Crippen LogP contribution in [0.5, 0.6) is 0 Å². The number of benzene rings is 2. The fourth-order valence-corrected chi connectivity index (χ4v) is 2.79. The standard InChI is InChI=1S/C13H7ClFN3O2S/c14-8-5-7(1-2-9(8)15)17-10-3-4-11-12(16-6-21-11)13(10)18(19)20/h1-6,17H. The predicted molar refractivity (Wildman–Crippen MR) is 81.0 cm³/mol. The lowest BCUT2D eigenvalue weighted by molar-refractivity contribution is -0.382. The van der Waals surface area contributed by atoms with Crippen LogP contribution in [0.1, 0.15) is 0 Å². The average Bonchev–Trinajstić information content (AvgIpc) is 2.90. The molecule has 0 atom stereocenters. The Bertz CT molecular complexity index is 853. The number of hydrogen-bond donors (Lipinski definition) is 1. The molecule has 0 bridgehead atoms. The predicted octanol–water partition coefficient (Wildman–Crippen LogP) is 4.74. The van der Waals surface area contributed by atoms with Gasteiger partial charge in [0.05, 0.1) is 20.2 Å². The van der Waals surface area contributed by atoms with E-state index in [1.165, 1.54) is 29.5 Å². The van der Waals surface area contributed by atoms with Crippen LogP contribution in [0.4, 0.5) is 21.5 Å². The Morgan fingerprint density at radius 2 is 2.14 bits per heavy atom. The zero-order valence-electron chi connectivity index (χ0n) is 10.3. The summed E-state index contributed by atoms with van der Waals surface area (Å²) in [6.07, 6.45) is 0. The van der Waals surface area contributed by atoms with E-state index in [2.05, 4.69) is 10.3 Å². The van der Waals surface area contributed by atoms with Gasteiger partial charge < -0.3 is 5.32 Å². The van der Waals surface area contributed by atoms with Crippen molar-refractivity contribution < 1.29 is 9.31 Å². The molecular weight excluding hydrogens is 317 g/mol. The van der Waals surface area contributed by atoms with Crippen molar-refractivity contribution in [3.8, 4) is 0 Å². The summed E-state index contributed by atoms with van der Waals surface area (Å²) < 4.78 is 13.9. The number of rotatable bonds is 3. The van der Waals surface area contributed by atoms with Gasteiger partial charge >= 0.3 is 5.69 Å². The Morgan fingerprint density at radius 3 is 2.86 bits per heavy atom. The van der Waals surface area contributed by atoms with Crippen LogP contribution < -0.4 is 5.32 Å². The van der Waals surface area contributed by atoms with Crippen molar-refractivity contribution in [3.05, 3.63) is 56.8 Å². The number of thiazole rings is 1. The van der Waals surface area contributed by atoms with Gasteiger partial charge in [-0.3, -0.25) is 10.1 Å². The monoisotopic (exact) mass is 323 g/mol. The second-order valence-corrected chi connectivity index (χ2v) is 5.47. The molecule has 0 amide bonds. The number of nitro groups is 1. The Kier molecular flexibility index (Phi) is 3.44. The molecule has 0 aliphatic carbocycles. The lowest BCUT2D eigenvalue weighted by Crippen LogP contribution is -1.98. The molecule has 0 spiro atoms. The average molecular weight is 324 g/mol. The minimum atomic E-state index is -0.549. The molecule has 21 heavy (non-hydrogen) atoms. The molecule has 0 aliphatic rings. The van der Waals surface area contributed by atoms with E-state index < -0.39 is 10.7 Å². The van der Waals surface area contributed by atoms with Crippen molar-refractivity contribution in [2.75, 3.05) is 5.32 Å². The lowest BCUT2D eigenvalue weighted by atomic mass is 10.2. The second-order valence-electron chi connectivity index (χ2n) is 4.17. The lowest BCUT2D eigenvalue weighted by Gasteiger charge is -2.08. The summed E-state index contributed by atoms with van der Waals surface area (Å²) in [4.78, 5) is 14.8. The van der Waals surface area contributed by atoms with Crippen LogP contribution in [0.2, 0.25) is 5.02 Å². The fourth-order valence-electron chi connectivity index (χ4n) is 1.93. The molecule has 1 N–H and O–H groups in total. The van der Waals surface area contributed by atoms with Gasteiger partial charge in [0, 0.05) is 5.69 Å². The first kappa shape index (κ1) is 13.7. The van der Waals surface area contributed by atoms with Gasteiger partial charge in [-0.2, -0.15) is 0 Å². The number of nitrogens with zero attached hydrogens (tertiary/aromatic N) is 2. The van der Waals surface area contributed by atoms with E-state index >= 15 is 0 Å². The van der Waals surface area contributed by atoms with E-state index in [4.69, 9.17) is 11.6 Å². The summed E-state index contributed by atoms with van der Waals surface area (Å²) in [5.74, 6) is -0.549. The highest BCUT2D eigenvalue weighted by Gasteiger charge is 2.20. The van der Waals surface area contributed by atoms with Crippen LogP contribution >= 0.6 is 22.9 Å². The number of nitro benzene ring substituents is 1. The summed E-state index contributed by atoms with van der Waals surface area (Å²) in [5.41, 5.74) is 2.49. The van der Waals surface area contributed by atoms with Crippen LogP contribution in [0.25, 0.3) is 10.2 Å². The van der Waals surface area contributed by atoms with E-state index in [0.29, 0.717) is 11.2 Å². The molecule has 0 radical (unpaired) electrons. The Labute approximate surface area is 127 Å². The molecular formula is C13H7ClFN3O2S. The summed E-state index contributed by atoms with van der Waals surface area (Å²) in [6.45, 7) is 0. The Hall–Kier alpha value is -2.25. The van der Waals surface area contributed by atoms with Crippen molar-refractivity contribution in [2.24, 2.45) is 0 Å². The summed E-state index contributed by atoms with van der Waals surface area (Å²) in [7, 11) is 0. The van der Waals surface area contributed by atoms with Gasteiger partial charge in [0.2, 0.25) is 0 Å². The molecule has 2 aromatic carbocycles. The smallest absolute Gasteiger partial charge is 0.319 e. The summed E-state index contributed by atoms with van der Waals surface area (Å²) >= 11 is 7.02. The van der Waals surface area contributed by atoms with Crippen LogP contribution in [0.3, 0.4) is 0 Å². The van der Waals surface area contributed by atoms with Crippen molar-refractivity contribution in [3.63, 3.8) is 0 Å².